The van der Waals surface area contributed by atoms with E-state index in [0.717, 1.165) is 24.5 Å². The Labute approximate surface area is 118 Å². The van der Waals surface area contributed by atoms with Gasteiger partial charge in [-0.25, -0.2) is 0 Å². The SMILES string of the molecule is CCNC(c1ccc(COC)o1)c1sccc1CC. The van der Waals surface area contributed by atoms with Crippen molar-refractivity contribution >= 4 is 11.3 Å². The molecule has 2 aromatic heterocycles. The molecule has 0 spiro atoms. The predicted octanol–water partition coefficient (Wildman–Crippen LogP) is 3.75. The zero-order chi connectivity index (χ0) is 13.7. The van der Waals surface area contributed by atoms with Gasteiger partial charge < -0.3 is 14.5 Å². The van der Waals surface area contributed by atoms with Gasteiger partial charge in [-0.15, -0.1) is 11.3 Å². The number of nitrogens with one attached hydrogen (secondary N) is 1. The Morgan fingerprint density at radius 1 is 1.32 bits per heavy atom. The molecule has 0 saturated heterocycles. The third-order valence-electron chi connectivity index (χ3n) is 3.09. The zero-order valence-electron chi connectivity index (χ0n) is 11.7. The Balaban J connectivity index is 2.28. The lowest BCUT2D eigenvalue weighted by Crippen LogP contribution is -2.21. The highest BCUT2D eigenvalue weighted by Crippen LogP contribution is 2.31. The third kappa shape index (κ3) is 3.26. The minimum absolute atomic E-state index is 0.144. The first-order valence-electron chi connectivity index (χ1n) is 6.67. The van der Waals surface area contributed by atoms with Crippen LogP contribution in [0.5, 0.6) is 0 Å². The summed E-state index contributed by atoms with van der Waals surface area (Å²) in [5.74, 6) is 1.83. The molecule has 0 bridgehead atoms. The first-order chi connectivity index (χ1) is 9.30. The van der Waals surface area contributed by atoms with Crippen LogP contribution in [-0.2, 0) is 17.8 Å². The lowest BCUT2D eigenvalue weighted by atomic mass is 10.1. The molecule has 2 rings (SSSR count). The molecule has 0 aliphatic heterocycles. The van der Waals surface area contributed by atoms with E-state index in [2.05, 4.69) is 30.6 Å². The van der Waals surface area contributed by atoms with E-state index in [0.29, 0.717) is 6.61 Å². The highest BCUT2D eigenvalue weighted by molar-refractivity contribution is 7.10. The molecule has 2 heterocycles. The Bertz CT molecular complexity index is 504. The maximum atomic E-state index is 5.88. The number of aryl methyl sites for hydroxylation is 1. The fourth-order valence-corrected chi connectivity index (χ4v) is 3.27. The van der Waals surface area contributed by atoms with Crippen LogP contribution in [0.2, 0.25) is 0 Å². The number of hydrogen-bond donors (Lipinski definition) is 1. The van der Waals surface area contributed by atoms with Gasteiger partial charge in [0.05, 0.1) is 0 Å². The van der Waals surface area contributed by atoms with Crippen molar-refractivity contribution < 1.29 is 9.15 Å². The second-order valence-corrected chi connectivity index (χ2v) is 5.34. The van der Waals surface area contributed by atoms with Gasteiger partial charge in [0, 0.05) is 12.0 Å². The van der Waals surface area contributed by atoms with E-state index in [4.69, 9.17) is 9.15 Å². The largest absolute Gasteiger partial charge is 0.462 e. The first kappa shape index (κ1) is 14.3. The highest BCUT2D eigenvalue weighted by Gasteiger charge is 2.20. The number of ether oxygens (including phenoxy) is 1. The van der Waals surface area contributed by atoms with Crippen molar-refractivity contribution in [2.75, 3.05) is 13.7 Å². The first-order valence-corrected chi connectivity index (χ1v) is 7.55. The summed E-state index contributed by atoms with van der Waals surface area (Å²) in [6.45, 7) is 5.73. The molecule has 0 aliphatic rings. The minimum atomic E-state index is 0.144. The molecular weight excluding hydrogens is 258 g/mol. The van der Waals surface area contributed by atoms with E-state index in [1.54, 1.807) is 18.4 Å². The van der Waals surface area contributed by atoms with Gasteiger partial charge in [-0.1, -0.05) is 13.8 Å². The molecule has 1 atom stereocenters. The van der Waals surface area contributed by atoms with Crippen LogP contribution in [0, 0.1) is 0 Å². The summed E-state index contributed by atoms with van der Waals surface area (Å²) >= 11 is 1.79. The summed E-state index contributed by atoms with van der Waals surface area (Å²) in [7, 11) is 1.68. The van der Waals surface area contributed by atoms with Gasteiger partial charge in [-0.05, 0) is 42.1 Å². The van der Waals surface area contributed by atoms with Crippen molar-refractivity contribution in [1.29, 1.82) is 0 Å². The summed E-state index contributed by atoms with van der Waals surface area (Å²) in [4.78, 5) is 1.35. The molecular formula is C15H21NO2S. The smallest absolute Gasteiger partial charge is 0.129 e. The number of thiophene rings is 1. The van der Waals surface area contributed by atoms with Gasteiger partial charge in [0.2, 0.25) is 0 Å². The fourth-order valence-electron chi connectivity index (χ4n) is 2.19. The van der Waals surface area contributed by atoms with Crippen LogP contribution in [0.15, 0.2) is 28.0 Å². The maximum absolute atomic E-state index is 5.88. The van der Waals surface area contributed by atoms with Crippen LogP contribution >= 0.6 is 11.3 Å². The number of furan rings is 1. The number of methoxy groups -OCH3 is 1. The van der Waals surface area contributed by atoms with E-state index in [-0.39, 0.29) is 6.04 Å². The summed E-state index contributed by atoms with van der Waals surface area (Å²) in [5.41, 5.74) is 1.39. The van der Waals surface area contributed by atoms with E-state index in [1.807, 2.05) is 12.1 Å². The van der Waals surface area contributed by atoms with Crippen LogP contribution in [0.25, 0.3) is 0 Å². The molecule has 4 heteroatoms. The van der Waals surface area contributed by atoms with Crippen LogP contribution in [0.1, 0.15) is 41.9 Å². The average Bonchev–Trinajstić information content (AvgIpc) is 3.05. The van der Waals surface area contributed by atoms with Crippen molar-refractivity contribution in [3.63, 3.8) is 0 Å². The minimum Gasteiger partial charge on any atom is -0.462 e. The van der Waals surface area contributed by atoms with Crippen LogP contribution in [0.4, 0.5) is 0 Å². The highest BCUT2D eigenvalue weighted by atomic mass is 32.1. The summed E-state index contributed by atoms with van der Waals surface area (Å²) in [6, 6.07) is 6.37. The van der Waals surface area contributed by atoms with Gasteiger partial charge >= 0.3 is 0 Å². The van der Waals surface area contributed by atoms with E-state index >= 15 is 0 Å². The third-order valence-corrected chi connectivity index (χ3v) is 4.11. The molecule has 19 heavy (non-hydrogen) atoms. The maximum Gasteiger partial charge on any atom is 0.129 e. The van der Waals surface area contributed by atoms with Gasteiger partial charge in [-0.3, -0.25) is 0 Å². The van der Waals surface area contributed by atoms with E-state index in [9.17, 15) is 0 Å². The Hall–Kier alpha value is -1.10. The Morgan fingerprint density at radius 3 is 2.84 bits per heavy atom. The van der Waals surface area contributed by atoms with Gasteiger partial charge in [0.15, 0.2) is 0 Å². The summed E-state index contributed by atoms with van der Waals surface area (Å²) in [6.07, 6.45) is 1.05. The standard InChI is InChI=1S/C15H21NO2S/c1-4-11-8-9-19-15(11)14(16-5-2)13-7-6-12(18-13)10-17-3/h6-9,14,16H,4-5,10H2,1-3H3. The molecule has 2 aromatic rings. The van der Waals surface area contributed by atoms with Gasteiger partial charge in [0.1, 0.15) is 24.2 Å². The van der Waals surface area contributed by atoms with Crippen molar-refractivity contribution in [3.8, 4) is 0 Å². The van der Waals surface area contributed by atoms with Crippen molar-refractivity contribution in [2.45, 2.75) is 32.9 Å². The topological polar surface area (TPSA) is 34.4 Å². The van der Waals surface area contributed by atoms with E-state index < -0.39 is 0 Å². The lowest BCUT2D eigenvalue weighted by molar-refractivity contribution is 0.162. The van der Waals surface area contributed by atoms with E-state index in [1.165, 1.54) is 10.4 Å². The summed E-state index contributed by atoms with van der Waals surface area (Å²) < 4.78 is 11.0. The number of hydrogen-bond acceptors (Lipinski definition) is 4. The van der Waals surface area contributed by atoms with Gasteiger partial charge in [-0.2, -0.15) is 0 Å². The molecule has 0 saturated carbocycles. The lowest BCUT2D eigenvalue weighted by Gasteiger charge is -2.16. The predicted molar refractivity (Wildman–Crippen MR) is 78.6 cm³/mol. The van der Waals surface area contributed by atoms with Crippen LogP contribution < -0.4 is 5.32 Å². The molecule has 0 radical (unpaired) electrons. The quantitative estimate of drug-likeness (QED) is 0.838. The Morgan fingerprint density at radius 2 is 2.16 bits per heavy atom. The average molecular weight is 279 g/mol. The molecule has 104 valence electrons. The summed E-state index contributed by atoms with van der Waals surface area (Å²) in [5, 5.41) is 5.66. The molecule has 1 unspecified atom stereocenters. The molecule has 0 aromatic carbocycles. The Kier molecular flexibility index (Phi) is 5.19. The van der Waals surface area contributed by atoms with Crippen molar-refractivity contribution in [2.24, 2.45) is 0 Å². The van der Waals surface area contributed by atoms with Crippen molar-refractivity contribution in [1.82, 2.24) is 5.32 Å². The van der Waals surface area contributed by atoms with Crippen molar-refractivity contribution in [3.05, 3.63) is 45.5 Å². The molecule has 3 nitrogen and oxygen atoms in total. The second-order valence-electron chi connectivity index (χ2n) is 4.39. The number of rotatable bonds is 7. The molecule has 0 fully saturated rings. The monoisotopic (exact) mass is 279 g/mol. The van der Waals surface area contributed by atoms with Crippen LogP contribution in [-0.4, -0.2) is 13.7 Å². The normalized spacial score (nSPS) is 12.8. The van der Waals surface area contributed by atoms with Crippen LogP contribution in [0.3, 0.4) is 0 Å². The molecule has 0 amide bonds. The zero-order valence-corrected chi connectivity index (χ0v) is 12.5. The molecule has 0 aliphatic carbocycles. The fraction of sp³-hybridized carbons (Fsp3) is 0.467. The van der Waals surface area contributed by atoms with Gasteiger partial charge in [0.25, 0.3) is 0 Å². The second kappa shape index (κ2) is 6.89. The molecule has 1 N–H and O–H groups in total.